The molecule has 1 atom stereocenters. The molecule has 1 aromatic carbocycles. The van der Waals surface area contributed by atoms with E-state index in [4.69, 9.17) is 10.5 Å². The molecule has 1 saturated heterocycles. The first-order valence-corrected chi connectivity index (χ1v) is 8.07. The number of nitrogens with two attached hydrogens (primary N) is 1. The first-order chi connectivity index (χ1) is 12.1. The standard InChI is InChI=1S/C17H20FN5O2/c18-13-3-1-12(2-4-13)14(23-7-9-25-10-8-23)11-22-17(24)15-16(19)21-6-5-20-15/h1-6,14H,7-11H2,(H2,19,21)(H,22,24)/t14-/m1/s1. The maximum Gasteiger partial charge on any atom is 0.273 e. The summed E-state index contributed by atoms with van der Waals surface area (Å²) in [5.74, 6) is -0.587. The van der Waals surface area contributed by atoms with Gasteiger partial charge in [0, 0.05) is 32.0 Å². The van der Waals surface area contributed by atoms with Gasteiger partial charge in [-0.15, -0.1) is 0 Å². The summed E-state index contributed by atoms with van der Waals surface area (Å²) in [7, 11) is 0. The Morgan fingerprint density at radius 2 is 1.92 bits per heavy atom. The number of anilines is 1. The normalized spacial score (nSPS) is 16.4. The van der Waals surface area contributed by atoms with Crippen LogP contribution < -0.4 is 11.1 Å². The number of hydrogen-bond donors (Lipinski definition) is 2. The third kappa shape index (κ3) is 4.28. The number of nitrogen functional groups attached to an aromatic ring is 1. The summed E-state index contributed by atoms with van der Waals surface area (Å²) in [6, 6.07) is 6.22. The number of ether oxygens (including phenoxy) is 1. The second kappa shape index (κ2) is 8.00. The van der Waals surface area contributed by atoms with E-state index in [1.54, 1.807) is 12.1 Å². The van der Waals surface area contributed by atoms with Gasteiger partial charge in [-0.3, -0.25) is 9.69 Å². The number of carbonyl (C=O) groups excluding carboxylic acids is 1. The molecule has 1 amide bonds. The minimum Gasteiger partial charge on any atom is -0.382 e. The molecule has 2 heterocycles. The molecule has 1 fully saturated rings. The zero-order valence-electron chi connectivity index (χ0n) is 13.7. The molecule has 2 aromatic rings. The van der Waals surface area contributed by atoms with E-state index >= 15 is 0 Å². The van der Waals surface area contributed by atoms with E-state index < -0.39 is 0 Å². The number of nitrogens with zero attached hydrogens (tertiary/aromatic N) is 3. The van der Waals surface area contributed by atoms with Crippen LogP contribution in [0.4, 0.5) is 10.2 Å². The van der Waals surface area contributed by atoms with Gasteiger partial charge >= 0.3 is 0 Å². The van der Waals surface area contributed by atoms with Crippen molar-refractivity contribution >= 4 is 11.7 Å². The van der Waals surface area contributed by atoms with E-state index in [1.807, 2.05) is 0 Å². The molecule has 0 bridgehead atoms. The SMILES string of the molecule is Nc1nccnc1C(=O)NC[C@H](c1ccc(F)cc1)N1CCOCC1. The van der Waals surface area contributed by atoms with E-state index in [-0.39, 0.29) is 29.3 Å². The molecule has 0 radical (unpaired) electrons. The molecule has 1 aliphatic heterocycles. The quantitative estimate of drug-likeness (QED) is 0.840. The number of morpholine rings is 1. The van der Waals surface area contributed by atoms with Gasteiger partial charge in [-0.2, -0.15) is 0 Å². The lowest BCUT2D eigenvalue weighted by molar-refractivity contribution is 0.0162. The molecule has 0 saturated carbocycles. The van der Waals surface area contributed by atoms with Crippen molar-refractivity contribution in [2.75, 3.05) is 38.6 Å². The van der Waals surface area contributed by atoms with Gasteiger partial charge in [0.1, 0.15) is 5.82 Å². The summed E-state index contributed by atoms with van der Waals surface area (Å²) in [4.78, 5) is 22.4. The number of nitrogens with one attached hydrogen (secondary N) is 1. The summed E-state index contributed by atoms with van der Waals surface area (Å²) in [6.07, 6.45) is 2.85. The predicted octanol–water partition coefficient (Wildman–Crippen LogP) is 1.00. The van der Waals surface area contributed by atoms with Crippen molar-refractivity contribution in [3.63, 3.8) is 0 Å². The van der Waals surface area contributed by atoms with E-state index in [2.05, 4.69) is 20.2 Å². The monoisotopic (exact) mass is 345 g/mol. The van der Waals surface area contributed by atoms with Crippen LogP contribution in [-0.4, -0.2) is 53.6 Å². The second-order valence-corrected chi connectivity index (χ2v) is 5.72. The average molecular weight is 345 g/mol. The molecular weight excluding hydrogens is 325 g/mol. The molecule has 3 rings (SSSR count). The first kappa shape index (κ1) is 17.2. The maximum atomic E-state index is 13.2. The van der Waals surface area contributed by atoms with Crippen molar-refractivity contribution in [1.82, 2.24) is 20.2 Å². The second-order valence-electron chi connectivity index (χ2n) is 5.72. The molecule has 0 spiro atoms. The van der Waals surface area contributed by atoms with Crippen molar-refractivity contribution in [3.05, 3.63) is 53.7 Å². The van der Waals surface area contributed by atoms with Gasteiger partial charge in [0.2, 0.25) is 0 Å². The first-order valence-electron chi connectivity index (χ1n) is 8.07. The van der Waals surface area contributed by atoms with Crippen LogP contribution in [0.25, 0.3) is 0 Å². The Hall–Kier alpha value is -2.58. The van der Waals surface area contributed by atoms with Crippen LogP contribution in [-0.2, 0) is 4.74 Å². The number of halogens is 1. The average Bonchev–Trinajstić information content (AvgIpc) is 2.64. The highest BCUT2D eigenvalue weighted by Gasteiger charge is 2.24. The lowest BCUT2D eigenvalue weighted by atomic mass is 10.0. The lowest BCUT2D eigenvalue weighted by Gasteiger charge is -2.34. The van der Waals surface area contributed by atoms with Crippen LogP contribution in [0, 0.1) is 5.82 Å². The summed E-state index contributed by atoms with van der Waals surface area (Å²) in [5, 5.41) is 2.85. The van der Waals surface area contributed by atoms with Gasteiger partial charge in [-0.05, 0) is 17.7 Å². The number of amides is 1. The highest BCUT2D eigenvalue weighted by Crippen LogP contribution is 2.22. The Labute approximate surface area is 145 Å². The van der Waals surface area contributed by atoms with Crippen LogP contribution in [0.3, 0.4) is 0 Å². The van der Waals surface area contributed by atoms with E-state index in [0.717, 1.165) is 18.7 Å². The number of benzene rings is 1. The van der Waals surface area contributed by atoms with Crippen LogP contribution in [0.2, 0.25) is 0 Å². The van der Waals surface area contributed by atoms with Crippen LogP contribution >= 0.6 is 0 Å². The molecule has 3 N–H and O–H groups in total. The van der Waals surface area contributed by atoms with Crippen molar-refractivity contribution in [1.29, 1.82) is 0 Å². The highest BCUT2D eigenvalue weighted by atomic mass is 19.1. The number of carbonyl (C=O) groups is 1. The minimum atomic E-state index is -0.383. The molecule has 25 heavy (non-hydrogen) atoms. The Morgan fingerprint density at radius 1 is 1.24 bits per heavy atom. The Morgan fingerprint density at radius 3 is 2.60 bits per heavy atom. The Bertz CT molecular complexity index is 719. The lowest BCUT2D eigenvalue weighted by Crippen LogP contribution is -2.44. The Balaban J connectivity index is 1.74. The maximum absolute atomic E-state index is 13.2. The third-order valence-corrected chi connectivity index (χ3v) is 4.14. The number of hydrogen-bond acceptors (Lipinski definition) is 6. The van der Waals surface area contributed by atoms with Crippen LogP contribution in [0.15, 0.2) is 36.7 Å². The zero-order valence-corrected chi connectivity index (χ0v) is 13.7. The smallest absolute Gasteiger partial charge is 0.273 e. The molecule has 0 unspecified atom stereocenters. The largest absolute Gasteiger partial charge is 0.382 e. The van der Waals surface area contributed by atoms with Gasteiger partial charge in [0.25, 0.3) is 5.91 Å². The number of rotatable bonds is 5. The molecule has 7 nitrogen and oxygen atoms in total. The molecule has 1 aliphatic rings. The summed E-state index contributed by atoms with van der Waals surface area (Å²) < 4.78 is 18.6. The van der Waals surface area contributed by atoms with Gasteiger partial charge < -0.3 is 15.8 Å². The topological polar surface area (TPSA) is 93.4 Å². The molecular formula is C17H20FN5O2. The molecule has 1 aromatic heterocycles. The van der Waals surface area contributed by atoms with Crippen molar-refractivity contribution in [2.24, 2.45) is 0 Å². The third-order valence-electron chi connectivity index (χ3n) is 4.14. The van der Waals surface area contributed by atoms with E-state index in [0.29, 0.717) is 19.8 Å². The van der Waals surface area contributed by atoms with Crippen LogP contribution in [0.5, 0.6) is 0 Å². The fraction of sp³-hybridized carbons (Fsp3) is 0.353. The van der Waals surface area contributed by atoms with E-state index in [1.165, 1.54) is 24.5 Å². The molecule has 8 heteroatoms. The fourth-order valence-corrected chi connectivity index (χ4v) is 2.83. The van der Waals surface area contributed by atoms with Gasteiger partial charge in [-0.25, -0.2) is 14.4 Å². The van der Waals surface area contributed by atoms with Crippen molar-refractivity contribution in [2.45, 2.75) is 6.04 Å². The number of aromatic nitrogens is 2. The van der Waals surface area contributed by atoms with Gasteiger partial charge in [0.15, 0.2) is 11.5 Å². The highest BCUT2D eigenvalue weighted by molar-refractivity contribution is 5.96. The van der Waals surface area contributed by atoms with Gasteiger partial charge in [-0.1, -0.05) is 12.1 Å². The minimum absolute atomic E-state index is 0.0877. The fourth-order valence-electron chi connectivity index (χ4n) is 2.83. The van der Waals surface area contributed by atoms with Crippen molar-refractivity contribution in [3.8, 4) is 0 Å². The summed E-state index contributed by atoms with van der Waals surface area (Å²) >= 11 is 0. The molecule has 0 aliphatic carbocycles. The van der Waals surface area contributed by atoms with E-state index in [9.17, 15) is 9.18 Å². The zero-order chi connectivity index (χ0) is 17.6. The predicted molar refractivity (Wildman–Crippen MR) is 90.3 cm³/mol. The summed E-state index contributed by atoms with van der Waals surface area (Å²) in [6.45, 7) is 3.09. The summed E-state index contributed by atoms with van der Waals surface area (Å²) in [5.41, 5.74) is 6.72. The Kier molecular flexibility index (Phi) is 5.52. The van der Waals surface area contributed by atoms with Crippen molar-refractivity contribution < 1.29 is 13.9 Å². The van der Waals surface area contributed by atoms with Gasteiger partial charge in [0.05, 0.1) is 19.3 Å². The molecule has 132 valence electrons. The van der Waals surface area contributed by atoms with Crippen LogP contribution in [0.1, 0.15) is 22.1 Å².